The molecule has 3 aromatic carbocycles. The molecule has 0 radical (unpaired) electrons. The molecule has 4 heteroatoms. The third kappa shape index (κ3) is 5.65. The summed E-state index contributed by atoms with van der Waals surface area (Å²) in [5, 5.41) is 1.25. The van der Waals surface area contributed by atoms with Crippen molar-refractivity contribution in [1.29, 1.82) is 0 Å². The van der Waals surface area contributed by atoms with Crippen molar-refractivity contribution < 1.29 is 14.3 Å². The average molecular weight is 510 g/mol. The topological polar surface area (TPSA) is 51.3 Å². The van der Waals surface area contributed by atoms with Crippen molar-refractivity contribution in [1.82, 2.24) is 4.98 Å². The maximum Gasteiger partial charge on any atom is 0.293 e. The highest BCUT2D eigenvalue weighted by Gasteiger charge is 2.23. The second kappa shape index (κ2) is 11.1. The molecule has 0 spiro atoms. The standard InChI is InChI=1S/C34H39NO3/c1-34(2,3)27-15-12-25(13-16-27)33-30-20-26(24-9-5-6-10-24)14-17-31(30)35-32(33)21-29(38-22-36)19-23-8-7-11-28(18-23)37-4/h7-8,11-18,20,22,24,29,35H,5-6,9-10,19,21H2,1-4H3. The highest BCUT2D eigenvalue weighted by molar-refractivity contribution is 5.98. The maximum atomic E-state index is 11.5. The molecule has 1 heterocycles. The van der Waals surface area contributed by atoms with E-state index >= 15 is 0 Å². The Labute approximate surface area is 226 Å². The lowest BCUT2D eigenvalue weighted by molar-refractivity contribution is -0.133. The van der Waals surface area contributed by atoms with Crippen LogP contribution in [0.3, 0.4) is 0 Å². The number of carbonyl (C=O) groups is 1. The number of ether oxygens (including phenoxy) is 2. The number of methoxy groups -OCH3 is 1. The van der Waals surface area contributed by atoms with Gasteiger partial charge in [0.2, 0.25) is 0 Å². The van der Waals surface area contributed by atoms with Crippen molar-refractivity contribution in [3.8, 4) is 16.9 Å². The molecule has 1 aliphatic carbocycles. The van der Waals surface area contributed by atoms with E-state index in [1.165, 1.54) is 53.3 Å². The van der Waals surface area contributed by atoms with Gasteiger partial charge in [-0.25, -0.2) is 0 Å². The average Bonchev–Trinajstić information content (AvgIpc) is 3.56. The van der Waals surface area contributed by atoms with Crippen LogP contribution in [-0.4, -0.2) is 24.7 Å². The van der Waals surface area contributed by atoms with Gasteiger partial charge < -0.3 is 14.5 Å². The summed E-state index contributed by atoms with van der Waals surface area (Å²) in [7, 11) is 1.67. The van der Waals surface area contributed by atoms with Crippen molar-refractivity contribution in [2.45, 2.75) is 76.7 Å². The van der Waals surface area contributed by atoms with Crippen molar-refractivity contribution >= 4 is 17.4 Å². The monoisotopic (exact) mass is 509 g/mol. The summed E-state index contributed by atoms with van der Waals surface area (Å²) in [6.07, 6.45) is 6.09. The summed E-state index contributed by atoms with van der Waals surface area (Å²) < 4.78 is 11.0. The van der Waals surface area contributed by atoms with Gasteiger partial charge in [0.15, 0.2) is 0 Å². The summed E-state index contributed by atoms with van der Waals surface area (Å²) in [6, 6.07) is 23.9. The van der Waals surface area contributed by atoms with Gasteiger partial charge in [0.1, 0.15) is 11.9 Å². The third-order valence-corrected chi connectivity index (χ3v) is 8.04. The minimum atomic E-state index is -0.297. The predicted octanol–water partition coefficient (Wildman–Crippen LogP) is 8.13. The first-order valence-corrected chi connectivity index (χ1v) is 13.8. The minimum absolute atomic E-state index is 0.0941. The summed E-state index contributed by atoms with van der Waals surface area (Å²) >= 11 is 0. The van der Waals surface area contributed by atoms with Crippen LogP contribution in [0.5, 0.6) is 5.75 Å². The molecule has 4 aromatic rings. The Morgan fingerprint density at radius 2 is 1.74 bits per heavy atom. The van der Waals surface area contributed by atoms with Crippen molar-refractivity contribution in [2.75, 3.05) is 7.11 Å². The zero-order chi connectivity index (χ0) is 26.7. The minimum Gasteiger partial charge on any atom is -0.497 e. The normalized spacial score (nSPS) is 15.1. The van der Waals surface area contributed by atoms with Crippen LogP contribution in [0, 0.1) is 0 Å². The Balaban J connectivity index is 1.56. The Morgan fingerprint density at radius 1 is 0.974 bits per heavy atom. The second-order valence-corrected chi connectivity index (χ2v) is 11.7. The van der Waals surface area contributed by atoms with E-state index in [2.05, 4.69) is 74.3 Å². The fraction of sp³-hybridized carbons (Fsp3) is 0.382. The molecule has 1 fully saturated rings. The molecule has 1 aliphatic rings. The molecule has 1 aromatic heterocycles. The first kappa shape index (κ1) is 26.1. The lowest BCUT2D eigenvalue weighted by atomic mass is 9.85. The van der Waals surface area contributed by atoms with E-state index in [0.29, 0.717) is 25.2 Å². The Morgan fingerprint density at radius 3 is 2.42 bits per heavy atom. The van der Waals surface area contributed by atoms with E-state index in [-0.39, 0.29) is 11.5 Å². The van der Waals surface area contributed by atoms with Crippen LogP contribution in [0.15, 0.2) is 66.7 Å². The molecule has 1 atom stereocenters. The molecular formula is C34H39NO3. The largest absolute Gasteiger partial charge is 0.497 e. The van der Waals surface area contributed by atoms with E-state index in [1.807, 2.05) is 18.2 Å². The van der Waals surface area contributed by atoms with Crippen LogP contribution in [0.1, 0.15) is 74.8 Å². The first-order valence-electron chi connectivity index (χ1n) is 13.8. The van der Waals surface area contributed by atoms with Gasteiger partial charge in [0.05, 0.1) is 7.11 Å². The lowest BCUT2D eigenvalue weighted by Gasteiger charge is -2.20. The van der Waals surface area contributed by atoms with Gasteiger partial charge in [0.25, 0.3) is 6.47 Å². The van der Waals surface area contributed by atoms with Crippen LogP contribution >= 0.6 is 0 Å². The summed E-state index contributed by atoms with van der Waals surface area (Å²) in [5.74, 6) is 1.45. The number of fused-ring (bicyclic) bond motifs is 1. The number of aromatic nitrogens is 1. The van der Waals surface area contributed by atoms with Crippen LogP contribution in [0.2, 0.25) is 0 Å². The van der Waals surface area contributed by atoms with Crippen LogP contribution < -0.4 is 4.74 Å². The van der Waals surface area contributed by atoms with Gasteiger partial charge in [0, 0.05) is 35.0 Å². The van der Waals surface area contributed by atoms with E-state index in [1.54, 1.807) is 7.11 Å². The van der Waals surface area contributed by atoms with Gasteiger partial charge in [-0.15, -0.1) is 0 Å². The number of H-pyrrole nitrogens is 1. The Kier molecular flexibility index (Phi) is 7.60. The predicted molar refractivity (Wildman–Crippen MR) is 155 cm³/mol. The van der Waals surface area contributed by atoms with Crippen molar-refractivity contribution in [2.24, 2.45) is 0 Å². The fourth-order valence-electron chi connectivity index (χ4n) is 5.94. The Bertz CT molecular complexity index is 1390. The Hall–Kier alpha value is -3.53. The molecule has 0 amide bonds. The summed E-state index contributed by atoms with van der Waals surface area (Å²) in [4.78, 5) is 15.2. The molecule has 0 aliphatic heterocycles. The maximum absolute atomic E-state index is 11.5. The summed E-state index contributed by atoms with van der Waals surface area (Å²) in [6.45, 7) is 7.30. The van der Waals surface area contributed by atoms with Gasteiger partial charge in [-0.3, -0.25) is 4.79 Å². The molecule has 0 saturated heterocycles. The van der Waals surface area contributed by atoms with E-state index in [9.17, 15) is 4.79 Å². The van der Waals surface area contributed by atoms with Crippen LogP contribution in [0.4, 0.5) is 0 Å². The molecule has 198 valence electrons. The number of hydrogen-bond donors (Lipinski definition) is 1. The molecule has 38 heavy (non-hydrogen) atoms. The van der Waals surface area contributed by atoms with Gasteiger partial charge in [-0.05, 0) is 70.7 Å². The molecule has 0 bridgehead atoms. The van der Waals surface area contributed by atoms with Crippen molar-refractivity contribution in [3.05, 3.63) is 89.1 Å². The zero-order valence-corrected chi connectivity index (χ0v) is 23.1. The molecule has 5 rings (SSSR count). The highest BCUT2D eigenvalue weighted by Crippen LogP contribution is 2.39. The number of benzene rings is 3. The fourth-order valence-corrected chi connectivity index (χ4v) is 5.94. The smallest absolute Gasteiger partial charge is 0.293 e. The molecule has 1 unspecified atom stereocenters. The number of carbonyl (C=O) groups excluding carboxylic acids is 1. The SMILES string of the molecule is COc1cccc(CC(Cc2[nH]c3ccc(C4CCCC4)cc3c2-c2ccc(C(C)(C)C)cc2)OC=O)c1. The quantitative estimate of drug-likeness (QED) is 0.232. The number of rotatable bonds is 9. The van der Waals surface area contributed by atoms with E-state index in [4.69, 9.17) is 9.47 Å². The molecular weight excluding hydrogens is 470 g/mol. The van der Waals surface area contributed by atoms with Crippen LogP contribution in [0.25, 0.3) is 22.0 Å². The number of aromatic amines is 1. The van der Waals surface area contributed by atoms with Gasteiger partial charge in [-0.1, -0.05) is 76.1 Å². The second-order valence-electron chi connectivity index (χ2n) is 11.7. The lowest BCUT2D eigenvalue weighted by Crippen LogP contribution is -2.19. The number of hydrogen-bond acceptors (Lipinski definition) is 3. The highest BCUT2D eigenvalue weighted by atomic mass is 16.5. The zero-order valence-electron chi connectivity index (χ0n) is 23.1. The van der Waals surface area contributed by atoms with Gasteiger partial charge >= 0.3 is 0 Å². The summed E-state index contributed by atoms with van der Waals surface area (Å²) in [5.41, 5.74) is 8.55. The van der Waals surface area contributed by atoms with Gasteiger partial charge in [-0.2, -0.15) is 0 Å². The molecule has 1 saturated carbocycles. The molecule has 1 N–H and O–H groups in total. The molecule has 4 nitrogen and oxygen atoms in total. The third-order valence-electron chi connectivity index (χ3n) is 8.04. The van der Waals surface area contributed by atoms with E-state index in [0.717, 1.165) is 22.5 Å². The van der Waals surface area contributed by atoms with Crippen molar-refractivity contribution in [3.63, 3.8) is 0 Å². The first-order chi connectivity index (χ1) is 18.4. The van der Waals surface area contributed by atoms with Crippen LogP contribution in [-0.2, 0) is 27.8 Å². The van der Waals surface area contributed by atoms with E-state index < -0.39 is 0 Å². The number of nitrogens with one attached hydrogen (secondary N) is 1.